The van der Waals surface area contributed by atoms with Gasteiger partial charge in [0.15, 0.2) is 9.84 Å². The highest BCUT2D eigenvalue weighted by molar-refractivity contribution is 7.92. The van der Waals surface area contributed by atoms with Gasteiger partial charge in [0, 0.05) is 6.54 Å². The van der Waals surface area contributed by atoms with Crippen LogP contribution in [-0.4, -0.2) is 26.8 Å². The lowest BCUT2D eigenvalue weighted by molar-refractivity contribution is 0.528. The summed E-state index contributed by atoms with van der Waals surface area (Å²) < 4.78 is 24.7. The molecule has 0 aliphatic carbocycles. The number of benzene rings is 1. The number of nitrogens with one attached hydrogen (secondary N) is 1. The first kappa shape index (κ1) is 16.5. The second-order valence-corrected chi connectivity index (χ2v) is 7.91. The zero-order valence-electron chi connectivity index (χ0n) is 11.7. The average molecular weight is 304 g/mol. The summed E-state index contributed by atoms with van der Waals surface area (Å²) in [6, 6.07) is 6.58. The molecule has 0 fully saturated rings. The van der Waals surface area contributed by atoms with Crippen molar-refractivity contribution in [2.75, 3.05) is 13.1 Å². The Morgan fingerprint density at radius 2 is 1.84 bits per heavy atom. The summed E-state index contributed by atoms with van der Waals surface area (Å²) in [7, 11) is -3.36. The largest absolute Gasteiger partial charge is 0.315 e. The third-order valence-electron chi connectivity index (χ3n) is 3.00. The van der Waals surface area contributed by atoms with Gasteiger partial charge in [0.25, 0.3) is 0 Å². The molecule has 1 unspecified atom stereocenters. The van der Waals surface area contributed by atoms with Crippen molar-refractivity contribution >= 4 is 21.4 Å². The van der Waals surface area contributed by atoms with Gasteiger partial charge in [0.2, 0.25) is 0 Å². The Bertz CT molecular complexity index is 500. The molecule has 1 N–H and O–H groups in total. The molecule has 0 amide bonds. The van der Waals surface area contributed by atoms with Gasteiger partial charge in [0.05, 0.1) is 15.2 Å². The van der Waals surface area contributed by atoms with Gasteiger partial charge in [0.1, 0.15) is 0 Å². The quantitative estimate of drug-likeness (QED) is 0.787. The third kappa shape index (κ3) is 4.79. The Balaban J connectivity index is 2.65. The molecule has 0 saturated heterocycles. The van der Waals surface area contributed by atoms with Crippen molar-refractivity contribution in [3.8, 4) is 0 Å². The van der Waals surface area contributed by atoms with Gasteiger partial charge in [-0.15, -0.1) is 0 Å². The van der Waals surface area contributed by atoms with Crippen molar-refractivity contribution in [1.82, 2.24) is 5.32 Å². The smallest absolute Gasteiger partial charge is 0.183 e. The molecular formula is C14H22ClNO2S. The molecular weight excluding hydrogens is 282 g/mol. The van der Waals surface area contributed by atoms with Crippen LogP contribution in [0, 0.1) is 5.92 Å². The topological polar surface area (TPSA) is 46.2 Å². The molecule has 108 valence electrons. The van der Waals surface area contributed by atoms with E-state index in [1.807, 2.05) is 0 Å². The first-order valence-corrected chi connectivity index (χ1v) is 8.47. The highest BCUT2D eigenvalue weighted by atomic mass is 35.5. The number of hydrogen-bond donors (Lipinski definition) is 1. The zero-order valence-corrected chi connectivity index (χ0v) is 13.3. The third-order valence-corrected chi connectivity index (χ3v) is 5.64. The fraction of sp³-hybridized carbons (Fsp3) is 0.571. The van der Waals surface area contributed by atoms with Gasteiger partial charge in [-0.05, 0) is 37.9 Å². The van der Waals surface area contributed by atoms with E-state index in [-0.39, 0.29) is 9.92 Å². The summed E-state index contributed by atoms with van der Waals surface area (Å²) in [5, 5.41) is 2.99. The SMILES string of the molecule is CC(C)CCNCC(C)S(=O)(=O)c1ccccc1Cl. The molecule has 0 aliphatic heterocycles. The number of hydrogen-bond acceptors (Lipinski definition) is 3. The minimum absolute atomic E-state index is 0.217. The fourth-order valence-electron chi connectivity index (χ4n) is 1.70. The van der Waals surface area contributed by atoms with Gasteiger partial charge in [-0.25, -0.2) is 8.42 Å². The predicted molar refractivity (Wildman–Crippen MR) is 80.4 cm³/mol. The van der Waals surface area contributed by atoms with Gasteiger partial charge in [-0.1, -0.05) is 37.6 Å². The number of halogens is 1. The van der Waals surface area contributed by atoms with Crippen molar-refractivity contribution in [3.05, 3.63) is 29.3 Å². The van der Waals surface area contributed by atoms with Crippen molar-refractivity contribution in [2.45, 2.75) is 37.3 Å². The molecule has 0 radical (unpaired) electrons. The molecule has 1 rings (SSSR count). The highest BCUT2D eigenvalue weighted by Crippen LogP contribution is 2.24. The van der Waals surface area contributed by atoms with Crippen LogP contribution in [0.1, 0.15) is 27.2 Å². The van der Waals surface area contributed by atoms with Crippen LogP contribution in [0.5, 0.6) is 0 Å². The van der Waals surface area contributed by atoms with Gasteiger partial charge in [-0.3, -0.25) is 0 Å². The molecule has 0 heterocycles. The summed E-state index contributed by atoms with van der Waals surface area (Å²) in [6.07, 6.45) is 1.04. The molecule has 0 aliphatic rings. The molecule has 1 atom stereocenters. The van der Waals surface area contributed by atoms with Crippen LogP contribution in [0.3, 0.4) is 0 Å². The first-order valence-electron chi connectivity index (χ1n) is 6.55. The van der Waals surface area contributed by atoms with Gasteiger partial charge in [-0.2, -0.15) is 0 Å². The molecule has 0 saturated carbocycles. The Morgan fingerprint density at radius 1 is 1.21 bits per heavy atom. The monoisotopic (exact) mass is 303 g/mol. The van der Waals surface area contributed by atoms with E-state index < -0.39 is 15.1 Å². The van der Waals surface area contributed by atoms with E-state index in [1.54, 1.807) is 31.2 Å². The van der Waals surface area contributed by atoms with Crippen molar-refractivity contribution in [2.24, 2.45) is 5.92 Å². The maximum absolute atomic E-state index is 12.4. The Morgan fingerprint density at radius 3 is 2.42 bits per heavy atom. The van der Waals surface area contributed by atoms with E-state index in [1.165, 1.54) is 0 Å². The molecule has 5 heteroatoms. The Hall–Kier alpha value is -0.580. The van der Waals surface area contributed by atoms with E-state index in [0.717, 1.165) is 13.0 Å². The summed E-state index contributed by atoms with van der Waals surface area (Å²) in [4.78, 5) is 0.217. The summed E-state index contributed by atoms with van der Waals surface area (Å²) in [6.45, 7) is 7.28. The fourth-order valence-corrected chi connectivity index (χ4v) is 3.54. The molecule has 0 bridgehead atoms. The second-order valence-electron chi connectivity index (χ2n) is 5.17. The van der Waals surface area contributed by atoms with Crippen LogP contribution in [-0.2, 0) is 9.84 Å². The maximum atomic E-state index is 12.4. The van der Waals surface area contributed by atoms with Crippen molar-refractivity contribution in [3.63, 3.8) is 0 Å². The molecule has 1 aromatic carbocycles. The molecule has 1 aromatic rings. The lowest BCUT2D eigenvalue weighted by Gasteiger charge is -2.15. The van der Waals surface area contributed by atoms with Gasteiger partial charge < -0.3 is 5.32 Å². The minimum atomic E-state index is -3.36. The summed E-state index contributed by atoms with van der Waals surface area (Å²) in [5.74, 6) is 0.614. The van der Waals surface area contributed by atoms with Crippen LogP contribution < -0.4 is 5.32 Å². The van der Waals surface area contributed by atoms with E-state index in [0.29, 0.717) is 12.5 Å². The van der Waals surface area contributed by atoms with Crippen LogP contribution in [0.15, 0.2) is 29.2 Å². The predicted octanol–water partition coefficient (Wildman–Crippen LogP) is 3.14. The zero-order chi connectivity index (χ0) is 14.5. The van der Waals surface area contributed by atoms with Crippen LogP contribution >= 0.6 is 11.6 Å². The van der Waals surface area contributed by atoms with Gasteiger partial charge >= 0.3 is 0 Å². The normalized spacial score (nSPS) is 13.7. The summed E-state index contributed by atoms with van der Waals surface area (Å²) >= 11 is 5.96. The van der Waals surface area contributed by atoms with Crippen LogP contribution in [0.25, 0.3) is 0 Å². The Kier molecular flexibility index (Phi) is 6.30. The van der Waals surface area contributed by atoms with Crippen molar-refractivity contribution < 1.29 is 8.42 Å². The lowest BCUT2D eigenvalue weighted by Crippen LogP contribution is -2.32. The van der Waals surface area contributed by atoms with Crippen molar-refractivity contribution in [1.29, 1.82) is 0 Å². The molecule has 0 spiro atoms. The van der Waals surface area contributed by atoms with Crippen LogP contribution in [0.4, 0.5) is 0 Å². The second kappa shape index (κ2) is 7.27. The molecule has 3 nitrogen and oxygen atoms in total. The van der Waals surface area contributed by atoms with E-state index >= 15 is 0 Å². The van der Waals surface area contributed by atoms with E-state index in [9.17, 15) is 8.42 Å². The lowest BCUT2D eigenvalue weighted by atomic mass is 10.1. The number of rotatable bonds is 7. The minimum Gasteiger partial charge on any atom is -0.315 e. The van der Waals surface area contributed by atoms with E-state index in [4.69, 9.17) is 11.6 Å². The summed E-state index contributed by atoms with van der Waals surface area (Å²) in [5.41, 5.74) is 0. The maximum Gasteiger partial charge on any atom is 0.183 e. The standard InChI is InChI=1S/C14H22ClNO2S/c1-11(2)8-9-16-10-12(3)19(17,18)14-7-5-4-6-13(14)15/h4-7,11-12,16H,8-10H2,1-3H3. The Labute approximate surface area is 121 Å². The first-order chi connectivity index (χ1) is 8.85. The molecule has 0 aromatic heterocycles. The average Bonchev–Trinajstić information content (AvgIpc) is 2.34. The van der Waals surface area contributed by atoms with E-state index in [2.05, 4.69) is 19.2 Å². The van der Waals surface area contributed by atoms with Crippen LogP contribution in [0.2, 0.25) is 5.02 Å². The molecule has 19 heavy (non-hydrogen) atoms. The highest BCUT2D eigenvalue weighted by Gasteiger charge is 2.24. The number of sulfone groups is 1.